The Morgan fingerprint density at radius 3 is 3.00 bits per heavy atom. The van der Waals surface area contributed by atoms with E-state index < -0.39 is 5.97 Å². The van der Waals surface area contributed by atoms with Crippen molar-refractivity contribution in [3.8, 4) is 6.07 Å². The number of hydrogen-bond donors (Lipinski definition) is 0. The van der Waals surface area contributed by atoms with Gasteiger partial charge in [-0.1, -0.05) is 12.1 Å². The third-order valence-electron chi connectivity index (χ3n) is 2.19. The molecule has 1 aromatic carbocycles. The van der Waals surface area contributed by atoms with Crippen LogP contribution in [0.15, 0.2) is 30.3 Å². The van der Waals surface area contributed by atoms with Gasteiger partial charge in [0.2, 0.25) is 0 Å². The van der Waals surface area contributed by atoms with E-state index in [0.717, 1.165) is 10.2 Å². The van der Waals surface area contributed by atoms with E-state index in [1.165, 1.54) is 17.4 Å². The van der Waals surface area contributed by atoms with Crippen molar-refractivity contribution in [1.82, 2.24) is 4.98 Å². The maximum absolute atomic E-state index is 11.3. The van der Waals surface area contributed by atoms with Gasteiger partial charge in [0, 0.05) is 6.08 Å². The van der Waals surface area contributed by atoms with Crippen LogP contribution in [0.25, 0.3) is 15.8 Å². The lowest BCUT2D eigenvalue weighted by atomic mass is 10.3. The summed E-state index contributed by atoms with van der Waals surface area (Å²) in [7, 11) is 0. The summed E-state index contributed by atoms with van der Waals surface area (Å²) in [5.74, 6) is -0.520. The molecule has 0 amide bonds. The predicted molar refractivity (Wildman–Crippen MR) is 69.8 cm³/mol. The fourth-order valence-electron chi connectivity index (χ4n) is 1.43. The highest BCUT2D eigenvalue weighted by atomic mass is 32.1. The van der Waals surface area contributed by atoms with Gasteiger partial charge in [0.25, 0.3) is 0 Å². The van der Waals surface area contributed by atoms with Gasteiger partial charge in [-0.2, -0.15) is 5.26 Å². The van der Waals surface area contributed by atoms with Crippen molar-refractivity contribution in [1.29, 1.82) is 5.26 Å². The third kappa shape index (κ3) is 2.55. The number of carbonyl (C=O) groups excluding carboxylic acids is 1. The summed E-state index contributed by atoms with van der Waals surface area (Å²) in [5, 5.41) is 9.60. The van der Waals surface area contributed by atoms with Gasteiger partial charge in [0.1, 0.15) is 11.1 Å². The van der Waals surface area contributed by atoms with Crippen LogP contribution in [0.5, 0.6) is 0 Å². The fraction of sp³-hybridized carbons (Fsp3) is 0.154. The molecule has 0 radical (unpaired) electrons. The number of benzene rings is 1. The molecular weight excluding hydrogens is 248 g/mol. The molecule has 0 bridgehead atoms. The quantitative estimate of drug-likeness (QED) is 0.482. The molecular formula is C13H10N2O2S. The Hall–Kier alpha value is -2.19. The summed E-state index contributed by atoms with van der Waals surface area (Å²) in [6.07, 6.45) is 1.18. The van der Waals surface area contributed by atoms with Crippen LogP contribution in [-0.2, 0) is 9.53 Å². The Balaban J connectivity index is 2.39. The maximum atomic E-state index is 11.3. The van der Waals surface area contributed by atoms with Crippen molar-refractivity contribution in [2.75, 3.05) is 6.61 Å². The second kappa shape index (κ2) is 5.43. The number of ether oxygens (including phenoxy) is 1. The molecule has 0 N–H and O–H groups in total. The highest BCUT2D eigenvalue weighted by molar-refractivity contribution is 7.19. The second-order valence-electron chi connectivity index (χ2n) is 3.41. The molecule has 0 atom stereocenters. The first-order chi connectivity index (χ1) is 8.74. The highest BCUT2D eigenvalue weighted by Crippen LogP contribution is 2.26. The summed E-state index contributed by atoms with van der Waals surface area (Å²) in [6, 6.07) is 9.56. The van der Waals surface area contributed by atoms with Crippen molar-refractivity contribution >= 4 is 33.1 Å². The van der Waals surface area contributed by atoms with E-state index in [4.69, 9.17) is 10.00 Å². The lowest BCUT2D eigenvalue weighted by Gasteiger charge is -1.95. The maximum Gasteiger partial charge on any atom is 0.332 e. The molecule has 0 aliphatic heterocycles. The van der Waals surface area contributed by atoms with Gasteiger partial charge < -0.3 is 4.74 Å². The lowest BCUT2D eigenvalue weighted by Crippen LogP contribution is -2.00. The number of hydrogen-bond acceptors (Lipinski definition) is 5. The van der Waals surface area contributed by atoms with Crippen molar-refractivity contribution in [3.05, 3.63) is 35.3 Å². The molecule has 0 aliphatic carbocycles. The fourth-order valence-corrected chi connectivity index (χ4v) is 2.36. The number of nitriles is 1. The van der Waals surface area contributed by atoms with E-state index in [1.807, 2.05) is 30.3 Å². The highest BCUT2D eigenvalue weighted by Gasteiger charge is 2.10. The zero-order chi connectivity index (χ0) is 13.0. The minimum absolute atomic E-state index is 0.231. The monoisotopic (exact) mass is 258 g/mol. The van der Waals surface area contributed by atoms with Crippen LogP contribution in [0.4, 0.5) is 0 Å². The Kier molecular flexibility index (Phi) is 3.70. The molecule has 2 rings (SSSR count). The summed E-state index contributed by atoms with van der Waals surface area (Å²) in [5.41, 5.74) is 1.05. The number of nitrogens with zero attached hydrogens (tertiary/aromatic N) is 2. The molecule has 4 nitrogen and oxygen atoms in total. The molecule has 1 aromatic heterocycles. The first kappa shape index (κ1) is 12.3. The Morgan fingerprint density at radius 2 is 2.33 bits per heavy atom. The third-order valence-corrected chi connectivity index (χ3v) is 3.26. The average Bonchev–Trinajstić information content (AvgIpc) is 2.79. The van der Waals surface area contributed by atoms with Gasteiger partial charge in [0.15, 0.2) is 0 Å². The minimum Gasteiger partial charge on any atom is -0.463 e. The molecule has 0 saturated heterocycles. The molecule has 5 heteroatoms. The van der Waals surface area contributed by atoms with Crippen LogP contribution in [0.1, 0.15) is 11.9 Å². The smallest absolute Gasteiger partial charge is 0.332 e. The summed E-state index contributed by atoms with van der Waals surface area (Å²) in [4.78, 5) is 15.6. The molecule has 0 fully saturated rings. The normalized spacial score (nSPS) is 11.2. The zero-order valence-electron chi connectivity index (χ0n) is 9.71. The van der Waals surface area contributed by atoms with Crippen molar-refractivity contribution in [2.24, 2.45) is 0 Å². The van der Waals surface area contributed by atoms with E-state index in [9.17, 15) is 4.79 Å². The van der Waals surface area contributed by atoms with Crippen LogP contribution in [0.3, 0.4) is 0 Å². The van der Waals surface area contributed by atoms with Crippen LogP contribution in [0, 0.1) is 11.3 Å². The molecule has 2 aromatic rings. The topological polar surface area (TPSA) is 63.0 Å². The number of thiazole rings is 1. The summed E-state index contributed by atoms with van der Waals surface area (Å²) < 4.78 is 5.76. The van der Waals surface area contributed by atoms with Crippen LogP contribution in [-0.4, -0.2) is 17.6 Å². The molecule has 0 aliphatic rings. The number of esters is 1. The Labute approximate surface area is 108 Å². The Bertz CT molecular complexity index is 619. The molecule has 1 heterocycles. The van der Waals surface area contributed by atoms with Crippen molar-refractivity contribution in [3.63, 3.8) is 0 Å². The molecule has 0 spiro atoms. The van der Waals surface area contributed by atoms with Crippen LogP contribution >= 0.6 is 11.3 Å². The summed E-state index contributed by atoms with van der Waals surface area (Å²) >= 11 is 1.38. The van der Waals surface area contributed by atoms with Crippen molar-refractivity contribution < 1.29 is 9.53 Å². The Morgan fingerprint density at radius 1 is 1.56 bits per heavy atom. The van der Waals surface area contributed by atoms with Gasteiger partial charge in [0.05, 0.1) is 22.4 Å². The van der Waals surface area contributed by atoms with Gasteiger partial charge in [-0.05, 0) is 19.1 Å². The van der Waals surface area contributed by atoms with Gasteiger partial charge in [-0.3, -0.25) is 0 Å². The largest absolute Gasteiger partial charge is 0.463 e. The first-order valence-corrected chi connectivity index (χ1v) is 6.20. The average molecular weight is 258 g/mol. The zero-order valence-corrected chi connectivity index (χ0v) is 10.5. The minimum atomic E-state index is -0.520. The SMILES string of the molecule is CCOC(=O)/C=C(\C#N)c1nc2ccccc2s1. The lowest BCUT2D eigenvalue weighted by molar-refractivity contribution is -0.137. The number of fused-ring (bicyclic) bond motifs is 1. The van der Waals surface area contributed by atoms with Crippen LogP contribution < -0.4 is 0 Å². The molecule has 0 unspecified atom stereocenters. The van der Waals surface area contributed by atoms with E-state index in [1.54, 1.807) is 6.92 Å². The predicted octanol–water partition coefficient (Wildman–Crippen LogP) is 2.77. The number of rotatable bonds is 3. The molecule has 90 valence electrons. The number of carbonyl (C=O) groups is 1. The molecule has 18 heavy (non-hydrogen) atoms. The van der Waals surface area contributed by atoms with E-state index in [0.29, 0.717) is 5.01 Å². The standard InChI is InChI=1S/C13H10N2O2S/c1-2-17-12(16)7-9(8-14)13-15-10-5-3-4-6-11(10)18-13/h3-7H,2H2,1H3/b9-7+. The van der Waals surface area contributed by atoms with Gasteiger partial charge in [-0.15, -0.1) is 11.3 Å². The van der Waals surface area contributed by atoms with Gasteiger partial charge in [-0.25, -0.2) is 9.78 Å². The van der Waals surface area contributed by atoms with Gasteiger partial charge >= 0.3 is 5.97 Å². The number of aromatic nitrogens is 1. The number of allylic oxidation sites excluding steroid dienone is 1. The van der Waals surface area contributed by atoms with Crippen LogP contribution in [0.2, 0.25) is 0 Å². The second-order valence-corrected chi connectivity index (χ2v) is 4.44. The van der Waals surface area contributed by atoms with Crippen molar-refractivity contribution in [2.45, 2.75) is 6.92 Å². The van der Waals surface area contributed by atoms with E-state index in [-0.39, 0.29) is 12.2 Å². The summed E-state index contributed by atoms with van der Waals surface area (Å²) in [6.45, 7) is 2.00. The number of para-hydroxylation sites is 1. The van der Waals surface area contributed by atoms with E-state index in [2.05, 4.69) is 4.98 Å². The first-order valence-electron chi connectivity index (χ1n) is 5.39. The molecule has 0 saturated carbocycles. The van der Waals surface area contributed by atoms with E-state index >= 15 is 0 Å².